The van der Waals surface area contributed by atoms with Crippen molar-refractivity contribution < 1.29 is 19.4 Å². The maximum Gasteiger partial charge on any atom is 0.238 e. The number of phenols is 1. The quantitative estimate of drug-likeness (QED) is 0.146. The molecule has 6 heteroatoms. The van der Waals surface area contributed by atoms with Crippen LogP contribution in [0, 0.1) is 17.8 Å². The van der Waals surface area contributed by atoms with Crippen LogP contribution in [0.25, 0.3) is 16.8 Å². The number of amides is 2. The van der Waals surface area contributed by atoms with E-state index in [0.717, 1.165) is 53.4 Å². The van der Waals surface area contributed by atoms with Gasteiger partial charge in [-0.25, -0.2) is 0 Å². The Hall–Kier alpha value is -4.68. The molecular formula is C40H40N2O4. The van der Waals surface area contributed by atoms with E-state index >= 15 is 0 Å². The Bertz CT molecular complexity index is 1840. The third kappa shape index (κ3) is 5.51. The molecule has 2 N–H and O–H groups in total. The van der Waals surface area contributed by atoms with Gasteiger partial charge in [-0.05, 0) is 91.6 Å². The minimum atomic E-state index is -0.379. The fraction of sp³-hybridized carbons (Fsp3) is 0.300. The number of hydrogen-bond donors (Lipinski definition) is 2. The molecule has 4 aromatic rings. The number of fused-ring (bicyclic) bond motifs is 4. The molecule has 0 unspecified atom stereocenters. The zero-order valence-corrected chi connectivity index (χ0v) is 26.4. The number of rotatable bonds is 9. The monoisotopic (exact) mass is 612 g/mol. The molecule has 3 aliphatic rings. The number of ether oxygens (including phenoxy) is 1. The molecule has 7 rings (SSSR count). The van der Waals surface area contributed by atoms with Crippen LogP contribution in [0.4, 0.5) is 17.1 Å². The fourth-order valence-electron chi connectivity index (χ4n) is 7.78. The molecule has 0 saturated carbocycles. The highest BCUT2D eigenvalue weighted by Crippen LogP contribution is 2.51. The number of phenolic OH excluding ortho intramolecular Hbond substituents is 1. The number of aromatic hydroxyl groups is 1. The molecular weight excluding hydrogens is 572 g/mol. The normalized spacial score (nSPS) is 22.8. The minimum absolute atomic E-state index is 0.0484. The highest BCUT2D eigenvalue weighted by atomic mass is 16.5. The van der Waals surface area contributed by atoms with Gasteiger partial charge in [-0.15, -0.1) is 0 Å². The Morgan fingerprint density at radius 2 is 1.61 bits per heavy atom. The molecule has 1 aliphatic carbocycles. The first-order chi connectivity index (χ1) is 22.4. The second-order valence-electron chi connectivity index (χ2n) is 12.9. The summed E-state index contributed by atoms with van der Waals surface area (Å²) in [5, 5.41) is 15.5. The van der Waals surface area contributed by atoms with Gasteiger partial charge in [0.05, 0.1) is 30.2 Å². The van der Waals surface area contributed by atoms with E-state index < -0.39 is 0 Å². The Morgan fingerprint density at radius 3 is 2.37 bits per heavy atom. The van der Waals surface area contributed by atoms with Crippen LogP contribution >= 0.6 is 0 Å². The second kappa shape index (κ2) is 12.6. The molecule has 46 heavy (non-hydrogen) atoms. The van der Waals surface area contributed by atoms with Crippen molar-refractivity contribution in [3.63, 3.8) is 0 Å². The summed E-state index contributed by atoms with van der Waals surface area (Å²) in [6.07, 6.45) is 6.38. The standard InChI is InChI=1S/C40H40N2O4/c1-3-9-27-23-33-38(40(45)42(39(33)44)30-18-16-29(17-19-30)41-28-10-5-4-6-11-28)34-24-46-36(37(27)34)21-14-25(2)22-26-15-20-35(43)32-13-8-7-12-31(26)32/h4-8,10-13,15-20,22,33-34,36,38,41,43H,3,9,14,21,23-24H2,1-2H3/b25-22+/t33-,34+,36-,38-/m1/s1. The van der Waals surface area contributed by atoms with E-state index in [-0.39, 0.29) is 41.4 Å². The molecule has 234 valence electrons. The van der Waals surface area contributed by atoms with Gasteiger partial charge in [-0.3, -0.25) is 14.5 Å². The zero-order valence-electron chi connectivity index (χ0n) is 26.4. The maximum atomic E-state index is 14.0. The number of nitrogens with zero attached hydrogens (tertiary/aromatic N) is 1. The number of anilines is 3. The highest BCUT2D eigenvalue weighted by molar-refractivity contribution is 6.22. The number of carbonyl (C=O) groups excluding carboxylic acids is 2. The Kier molecular flexibility index (Phi) is 8.22. The highest BCUT2D eigenvalue weighted by Gasteiger charge is 2.57. The fourth-order valence-corrected chi connectivity index (χ4v) is 7.78. The van der Waals surface area contributed by atoms with Crippen molar-refractivity contribution in [2.75, 3.05) is 16.8 Å². The summed E-state index contributed by atoms with van der Waals surface area (Å²) in [6.45, 7) is 4.80. The van der Waals surface area contributed by atoms with E-state index in [9.17, 15) is 14.7 Å². The first kappa shape index (κ1) is 30.0. The summed E-state index contributed by atoms with van der Waals surface area (Å²) in [6, 6.07) is 29.1. The van der Waals surface area contributed by atoms with Crippen LogP contribution in [0.1, 0.15) is 51.5 Å². The van der Waals surface area contributed by atoms with Crippen LogP contribution < -0.4 is 10.2 Å². The van der Waals surface area contributed by atoms with Gasteiger partial charge >= 0.3 is 0 Å². The SMILES string of the molecule is CCCC1=C2[C@@H](CC/C(C)=C/c3ccc(O)c4ccccc34)OC[C@@H]2[C@@H]2C(=O)N(c3ccc(Nc4ccccc4)cc3)C(=O)[C@@H]2C1. The molecule has 2 amide bonds. The van der Waals surface area contributed by atoms with Crippen molar-refractivity contribution in [3.8, 4) is 5.75 Å². The Morgan fingerprint density at radius 1 is 0.891 bits per heavy atom. The van der Waals surface area contributed by atoms with Crippen LogP contribution in [0.5, 0.6) is 5.75 Å². The summed E-state index contributed by atoms with van der Waals surface area (Å²) < 4.78 is 6.46. The van der Waals surface area contributed by atoms with Crippen molar-refractivity contribution in [1.29, 1.82) is 0 Å². The zero-order chi connectivity index (χ0) is 31.8. The summed E-state index contributed by atoms with van der Waals surface area (Å²) in [5.41, 5.74) is 7.41. The lowest BCUT2D eigenvalue weighted by Gasteiger charge is -2.31. The molecule has 0 radical (unpaired) electrons. The molecule has 2 heterocycles. The lowest BCUT2D eigenvalue weighted by Crippen LogP contribution is -2.34. The molecule has 2 fully saturated rings. The van der Waals surface area contributed by atoms with Gasteiger partial charge in [-0.2, -0.15) is 0 Å². The van der Waals surface area contributed by atoms with Gasteiger partial charge in [0.25, 0.3) is 0 Å². The van der Waals surface area contributed by atoms with Gasteiger partial charge in [0.1, 0.15) is 5.75 Å². The molecule has 6 nitrogen and oxygen atoms in total. The van der Waals surface area contributed by atoms with E-state index in [0.29, 0.717) is 18.7 Å². The number of carbonyl (C=O) groups is 2. The van der Waals surface area contributed by atoms with E-state index in [1.54, 1.807) is 6.07 Å². The third-order valence-corrected chi connectivity index (χ3v) is 9.89. The average molecular weight is 613 g/mol. The van der Waals surface area contributed by atoms with Gasteiger partial charge in [0.2, 0.25) is 11.8 Å². The first-order valence-corrected chi connectivity index (χ1v) is 16.4. The smallest absolute Gasteiger partial charge is 0.238 e. The summed E-state index contributed by atoms with van der Waals surface area (Å²) in [7, 11) is 0. The topological polar surface area (TPSA) is 78.9 Å². The van der Waals surface area contributed by atoms with Gasteiger partial charge in [0, 0.05) is 22.7 Å². The summed E-state index contributed by atoms with van der Waals surface area (Å²) in [5.74, 6) is -0.675. The first-order valence-electron chi connectivity index (χ1n) is 16.4. The molecule has 0 spiro atoms. The Balaban J connectivity index is 1.09. The lowest BCUT2D eigenvalue weighted by molar-refractivity contribution is -0.122. The average Bonchev–Trinajstić information content (AvgIpc) is 3.61. The molecule has 2 saturated heterocycles. The van der Waals surface area contributed by atoms with Crippen molar-refractivity contribution in [3.05, 3.63) is 113 Å². The van der Waals surface area contributed by atoms with Crippen molar-refractivity contribution in [2.24, 2.45) is 17.8 Å². The largest absolute Gasteiger partial charge is 0.507 e. The van der Waals surface area contributed by atoms with Crippen molar-refractivity contribution in [1.82, 2.24) is 0 Å². The van der Waals surface area contributed by atoms with Crippen LogP contribution in [-0.4, -0.2) is 29.6 Å². The maximum absolute atomic E-state index is 14.0. The van der Waals surface area contributed by atoms with E-state index in [2.05, 4.69) is 25.2 Å². The third-order valence-electron chi connectivity index (χ3n) is 9.89. The van der Waals surface area contributed by atoms with Gasteiger partial charge in [0.15, 0.2) is 0 Å². The lowest BCUT2D eigenvalue weighted by atomic mass is 9.68. The van der Waals surface area contributed by atoms with Gasteiger partial charge in [-0.1, -0.05) is 79.1 Å². The van der Waals surface area contributed by atoms with E-state index in [4.69, 9.17) is 4.74 Å². The predicted molar refractivity (Wildman–Crippen MR) is 184 cm³/mol. The van der Waals surface area contributed by atoms with Gasteiger partial charge < -0.3 is 15.2 Å². The molecule has 0 aromatic heterocycles. The predicted octanol–water partition coefficient (Wildman–Crippen LogP) is 8.79. The van der Waals surface area contributed by atoms with E-state index in [1.165, 1.54) is 21.6 Å². The molecule has 2 aliphatic heterocycles. The van der Waals surface area contributed by atoms with Crippen molar-refractivity contribution in [2.45, 2.75) is 52.1 Å². The molecule has 4 atom stereocenters. The second-order valence-corrected chi connectivity index (χ2v) is 12.9. The Labute approximate surface area is 270 Å². The number of para-hydroxylation sites is 1. The summed E-state index contributed by atoms with van der Waals surface area (Å²) >= 11 is 0. The minimum Gasteiger partial charge on any atom is -0.507 e. The molecule has 4 aromatic carbocycles. The number of allylic oxidation sites excluding steroid dienone is 2. The number of hydrogen-bond acceptors (Lipinski definition) is 5. The number of nitrogens with one attached hydrogen (secondary N) is 1. The van der Waals surface area contributed by atoms with Crippen molar-refractivity contribution >= 4 is 45.7 Å². The van der Waals surface area contributed by atoms with Crippen LogP contribution in [0.3, 0.4) is 0 Å². The van der Waals surface area contributed by atoms with Crippen LogP contribution in [0.2, 0.25) is 0 Å². The van der Waals surface area contributed by atoms with E-state index in [1.807, 2.05) is 84.9 Å². The summed E-state index contributed by atoms with van der Waals surface area (Å²) in [4.78, 5) is 29.3. The number of imide groups is 1. The van der Waals surface area contributed by atoms with Crippen LogP contribution in [-0.2, 0) is 14.3 Å². The molecule has 0 bridgehead atoms. The number of benzene rings is 4. The van der Waals surface area contributed by atoms with Crippen LogP contribution in [0.15, 0.2) is 108 Å².